The molecule has 0 spiro atoms. The maximum Gasteiger partial charge on any atom is 0.0457 e. The van der Waals surface area contributed by atoms with Gasteiger partial charge in [-0.15, -0.1) is 0 Å². The number of aromatic nitrogens is 1. The first kappa shape index (κ1) is 9.91. The van der Waals surface area contributed by atoms with Crippen LogP contribution in [0.2, 0.25) is 0 Å². The Kier molecular flexibility index (Phi) is 2.08. The molecule has 0 bridgehead atoms. The number of nitrogens with one attached hydrogen (secondary N) is 1. The summed E-state index contributed by atoms with van der Waals surface area (Å²) in [5, 5.41) is 1.38. The van der Waals surface area contributed by atoms with Crippen LogP contribution >= 0.6 is 0 Å². The second-order valence-electron chi connectivity index (χ2n) is 4.92. The van der Waals surface area contributed by atoms with Crippen molar-refractivity contribution < 1.29 is 0 Å². The van der Waals surface area contributed by atoms with Crippen LogP contribution in [0.1, 0.15) is 30.9 Å². The van der Waals surface area contributed by atoms with E-state index in [4.69, 9.17) is 5.73 Å². The van der Waals surface area contributed by atoms with Crippen molar-refractivity contribution in [1.29, 1.82) is 0 Å². The van der Waals surface area contributed by atoms with Gasteiger partial charge in [0.15, 0.2) is 0 Å². The van der Waals surface area contributed by atoms with Crippen LogP contribution in [0.5, 0.6) is 0 Å². The number of H-pyrrole nitrogens is 1. The van der Waals surface area contributed by atoms with Gasteiger partial charge in [0.25, 0.3) is 0 Å². The minimum absolute atomic E-state index is 0.282. The average Bonchev–Trinajstić information content (AvgIpc) is 3.02. The lowest BCUT2D eigenvalue weighted by Gasteiger charge is -2.11. The second-order valence-corrected chi connectivity index (χ2v) is 4.92. The van der Waals surface area contributed by atoms with Crippen molar-refractivity contribution in [2.24, 2.45) is 5.73 Å². The third kappa shape index (κ3) is 1.30. The fourth-order valence-corrected chi connectivity index (χ4v) is 2.56. The summed E-state index contributed by atoms with van der Waals surface area (Å²) in [5.41, 5.74) is 10.3. The van der Waals surface area contributed by atoms with E-state index in [0.717, 1.165) is 13.0 Å². The lowest BCUT2D eigenvalue weighted by molar-refractivity contribution is 0.711. The molecule has 1 saturated carbocycles. The Bertz CT molecular complexity index is 521. The monoisotopic (exact) mass is 214 g/mol. The van der Waals surface area contributed by atoms with Crippen molar-refractivity contribution in [3.63, 3.8) is 0 Å². The summed E-state index contributed by atoms with van der Waals surface area (Å²) >= 11 is 0. The van der Waals surface area contributed by atoms with Crippen LogP contribution in [0.25, 0.3) is 10.9 Å². The number of benzene rings is 1. The van der Waals surface area contributed by atoms with Crippen molar-refractivity contribution in [2.75, 3.05) is 6.54 Å². The molecule has 0 aliphatic heterocycles. The minimum atomic E-state index is 0.282. The molecule has 3 rings (SSSR count). The normalized spacial score (nSPS) is 17.9. The van der Waals surface area contributed by atoms with Gasteiger partial charge in [-0.3, -0.25) is 0 Å². The Morgan fingerprint density at radius 3 is 2.81 bits per heavy atom. The number of rotatable bonds is 3. The van der Waals surface area contributed by atoms with E-state index in [9.17, 15) is 0 Å². The molecule has 1 heterocycles. The summed E-state index contributed by atoms with van der Waals surface area (Å²) < 4.78 is 0. The molecule has 0 radical (unpaired) electrons. The minimum Gasteiger partial charge on any atom is -0.361 e. The van der Waals surface area contributed by atoms with Gasteiger partial charge < -0.3 is 10.7 Å². The summed E-state index contributed by atoms with van der Waals surface area (Å²) in [4.78, 5) is 3.36. The number of hydrogen-bond donors (Lipinski definition) is 2. The number of nitrogens with two attached hydrogens (primary N) is 1. The molecule has 1 fully saturated rings. The van der Waals surface area contributed by atoms with E-state index in [1.165, 1.54) is 34.9 Å². The summed E-state index contributed by atoms with van der Waals surface area (Å²) in [6.07, 6.45) is 5.74. The first-order chi connectivity index (χ1) is 7.79. The molecule has 0 saturated heterocycles. The van der Waals surface area contributed by atoms with Crippen molar-refractivity contribution >= 4 is 10.9 Å². The van der Waals surface area contributed by atoms with Gasteiger partial charge in [-0.25, -0.2) is 0 Å². The van der Waals surface area contributed by atoms with E-state index in [1.54, 1.807) is 0 Å². The zero-order valence-corrected chi connectivity index (χ0v) is 9.72. The molecule has 2 nitrogen and oxygen atoms in total. The molecule has 3 N–H and O–H groups in total. The lowest BCUT2D eigenvalue weighted by Crippen LogP contribution is -2.19. The van der Waals surface area contributed by atoms with Crippen LogP contribution in [0.3, 0.4) is 0 Å². The molecular formula is C14H18N2. The van der Waals surface area contributed by atoms with E-state index < -0.39 is 0 Å². The van der Waals surface area contributed by atoms with Crippen LogP contribution in [-0.2, 0) is 11.8 Å². The zero-order chi connectivity index (χ0) is 11.2. The van der Waals surface area contributed by atoms with Crippen molar-refractivity contribution in [2.45, 2.75) is 31.6 Å². The third-order valence-corrected chi connectivity index (χ3v) is 3.97. The maximum atomic E-state index is 5.91. The molecule has 0 amide bonds. The molecule has 2 aromatic rings. The fourth-order valence-electron chi connectivity index (χ4n) is 2.56. The van der Waals surface area contributed by atoms with Crippen LogP contribution in [0, 0.1) is 0 Å². The number of aromatic amines is 1. The van der Waals surface area contributed by atoms with Gasteiger partial charge in [-0.1, -0.05) is 13.0 Å². The molecule has 84 valence electrons. The Morgan fingerprint density at radius 1 is 1.38 bits per heavy atom. The van der Waals surface area contributed by atoms with Crippen LogP contribution in [0.4, 0.5) is 0 Å². The highest BCUT2D eigenvalue weighted by molar-refractivity contribution is 5.85. The van der Waals surface area contributed by atoms with E-state index in [2.05, 4.69) is 36.3 Å². The number of hydrogen-bond acceptors (Lipinski definition) is 1. The quantitative estimate of drug-likeness (QED) is 0.810. The van der Waals surface area contributed by atoms with E-state index in [0.29, 0.717) is 0 Å². The molecule has 1 aromatic heterocycles. The van der Waals surface area contributed by atoms with Gasteiger partial charge in [0.2, 0.25) is 0 Å². The van der Waals surface area contributed by atoms with Gasteiger partial charge in [0.05, 0.1) is 0 Å². The van der Waals surface area contributed by atoms with Crippen LogP contribution in [0.15, 0.2) is 24.4 Å². The van der Waals surface area contributed by atoms with Crippen LogP contribution in [-0.4, -0.2) is 11.5 Å². The first-order valence-corrected chi connectivity index (χ1v) is 6.09. The highest BCUT2D eigenvalue weighted by Crippen LogP contribution is 2.49. The molecule has 0 atom stereocenters. The van der Waals surface area contributed by atoms with E-state index >= 15 is 0 Å². The average molecular weight is 214 g/mol. The van der Waals surface area contributed by atoms with Gasteiger partial charge >= 0.3 is 0 Å². The topological polar surface area (TPSA) is 41.8 Å². The molecular weight excluding hydrogens is 196 g/mol. The van der Waals surface area contributed by atoms with Gasteiger partial charge in [0.1, 0.15) is 0 Å². The SMILES string of the molecule is CCc1ccc2[nH]cc(C3(CN)CC3)c2c1. The summed E-state index contributed by atoms with van der Waals surface area (Å²) in [7, 11) is 0. The number of fused-ring (bicyclic) bond motifs is 1. The largest absolute Gasteiger partial charge is 0.361 e. The first-order valence-electron chi connectivity index (χ1n) is 6.09. The highest BCUT2D eigenvalue weighted by atomic mass is 14.7. The predicted octanol–water partition coefficient (Wildman–Crippen LogP) is 2.72. The maximum absolute atomic E-state index is 5.91. The van der Waals surface area contributed by atoms with E-state index in [-0.39, 0.29) is 5.41 Å². The predicted molar refractivity (Wildman–Crippen MR) is 67.6 cm³/mol. The van der Waals surface area contributed by atoms with Crippen molar-refractivity contribution in [1.82, 2.24) is 4.98 Å². The fraction of sp³-hybridized carbons (Fsp3) is 0.429. The molecule has 1 aliphatic carbocycles. The van der Waals surface area contributed by atoms with Gasteiger partial charge in [-0.2, -0.15) is 0 Å². The van der Waals surface area contributed by atoms with E-state index in [1.807, 2.05) is 0 Å². The Hall–Kier alpha value is -1.28. The summed E-state index contributed by atoms with van der Waals surface area (Å²) in [5.74, 6) is 0. The Labute approximate surface area is 95.8 Å². The van der Waals surface area contributed by atoms with Crippen molar-refractivity contribution in [3.05, 3.63) is 35.5 Å². The summed E-state index contributed by atoms with van der Waals surface area (Å²) in [6.45, 7) is 2.97. The van der Waals surface area contributed by atoms with Gasteiger partial charge in [0, 0.05) is 29.1 Å². The molecule has 16 heavy (non-hydrogen) atoms. The Morgan fingerprint density at radius 2 is 2.19 bits per heavy atom. The summed E-state index contributed by atoms with van der Waals surface area (Å²) in [6, 6.07) is 6.70. The molecule has 1 aliphatic rings. The number of aryl methyl sites for hydroxylation is 1. The Balaban J connectivity index is 2.18. The highest BCUT2D eigenvalue weighted by Gasteiger charge is 2.44. The molecule has 2 heteroatoms. The lowest BCUT2D eigenvalue weighted by atomic mass is 9.95. The van der Waals surface area contributed by atoms with Crippen LogP contribution < -0.4 is 5.73 Å². The second kappa shape index (κ2) is 3.36. The molecule has 0 unspecified atom stereocenters. The smallest absolute Gasteiger partial charge is 0.0457 e. The van der Waals surface area contributed by atoms with Crippen molar-refractivity contribution in [3.8, 4) is 0 Å². The standard InChI is InChI=1S/C14H18N2/c1-2-10-3-4-13-11(7-10)12(8-16-13)14(9-15)5-6-14/h3-4,7-8,16H,2,5-6,9,15H2,1H3. The molecule has 1 aromatic carbocycles. The zero-order valence-electron chi connectivity index (χ0n) is 9.72. The van der Waals surface area contributed by atoms with Gasteiger partial charge in [-0.05, 0) is 42.5 Å². The third-order valence-electron chi connectivity index (χ3n) is 3.97.